The number of allylic oxidation sites excluding steroid dienone is 3. The van der Waals surface area contributed by atoms with Crippen LogP contribution in [-0.2, 0) is 5.41 Å². The Bertz CT molecular complexity index is 3640. The normalized spacial score (nSPS) is 18.8. The Labute approximate surface area is 427 Å². The molecule has 9 aromatic rings. The maximum absolute atomic E-state index is 7.50. The number of benzene rings is 8. The van der Waals surface area contributed by atoms with E-state index in [0.29, 0.717) is 0 Å². The minimum atomic E-state index is -1.58. The summed E-state index contributed by atoms with van der Waals surface area (Å²) in [6.07, 6.45) is 9.62. The quantitative estimate of drug-likeness (QED) is 0.142. The molecule has 1 aromatic heterocycles. The summed E-state index contributed by atoms with van der Waals surface area (Å²) in [4.78, 5) is 9.95. The molecule has 2 heterocycles. The molecule has 354 valence electrons. The van der Waals surface area contributed by atoms with Crippen LogP contribution in [0.15, 0.2) is 224 Å². The number of nitrogens with zero attached hydrogens (tertiary/aromatic N) is 3. The zero-order chi connectivity index (χ0) is 49.5. The van der Waals surface area contributed by atoms with Crippen molar-refractivity contribution in [1.82, 2.24) is 4.98 Å². The number of fused-ring (bicyclic) bond motifs is 12. The lowest BCUT2D eigenvalue weighted by molar-refractivity contribution is 0.160. The van der Waals surface area contributed by atoms with Gasteiger partial charge in [0.2, 0.25) is 0 Å². The topological polar surface area (TPSA) is 28.6 Å². The van der Waals surface area contributed by atoms with Crippen LogP contribution in [0.5, 0.6) is 5.75 Å². The van der Waals surface area contributed by atoms with E-state index in [1.807, 2.05) is 12.3 Å². The molecule has 6 heteroatoms. The van der Waals surface area contributed by atoms with Crippen LogP contribution < -0.4 is 24.9 Å². The van der Waals surface area contributed by atoms with Gasteiger partial charge in [0, 0.05) is 63.3 Å². The summed E-state index contributed by atoms with van der Waals surface area (Å²) < 4.78 is 7.50. The highest BCUT2D eigenvalue weighted by Crippen LogP contribution is 2.63. The first-order chi connectivity index (χ1) is 34.8. The van der Waals surface area contributed by atoms with Crippen LogP contribution in [0.4, 0.5) is 34.1 Å². The van der Waals surface area contributed by atoms with Gasteiger partial charge in [0.25, 0.3) is 0 Å². The van der Waals surface area contributed by atoms with Gasteiger partial charge in [0.05, 0.1) is 32.8 Å². The number of hydrogen-bond acceptors (Lipinski definition) is 4. The number of pyridine rings is 1. The number of hydrogen-bond donors (Lipinski definition) is 0. The van der Waals surface area contributed by atoms with E-state index < -0.39 is 21.6 Å². The van der Waals surface area contributed by atoms with Crippen molar-refractivity contribution < 1.29 is 4.74 Å². The Balaban J connectivity index is 1.21. The van der Waals surface area contributed by atoms with Crippen molar-refractivity contribution in [3.63, 3.8) is 0 Å². The van der Waals surface area contributed by atoms with E-state index in [4.69, 9.17) is 16.3 Å². The van der Waals surface area contributed by atoms with E-state index in [1.165, 1.54) is 43.4 Å². The predicted octanol–water partition coefficient (Wildman–Crippen LogP) is 16.6. The second kappa shape index (κ2) is 17.4. The number of anilines is 6. The van der Waals surface area contributed by atoms with Crippen molar-refractivity contribution in [3.8, 4) is 16.9 Å². The molecular weight excluding hydrogens is 907 g/mol. The third kappa shape index (κ3) is 7.58. The molecule has 2 bridgehead atoms. The van der Waals surface area contributed by atoms with Crippen molar-refractivity contribution >= 4 is 82.3 Å². The highest BCUT2D eigenvalue weighted by Gasteiger charge is 2.50. The summed E-state index contributed by atoms with van der Waals surface area (Å²) in [6.45, 7) is 22.0. The first kappa shape index (κ1) is 45.6. The minimum absolute atomic E-state index is 0.0590. The van der Waals surface area contributed by atoms with Crippen LogP contribution in [0, 0.1) is 5.92 Å². The Morgan fingerprint density at radius 2 is 1.15 bits per heavy atom. The van der Waals surface area contributed by atoms with Gasteiger partial charge in [-0.25, -0.2) is 0 Å². The average Bonchev–Trinajstić information content (AvgIpc) is 3.69. The number of para-hydroxylation sites is 2. The maximum atomic E-state index is 7.50. The van der Waals surface area contributed by atoms with Gasteiger partial charge in [-0.3, -0.25) is 4.98 Å². The number of aromatic nitrogens is 1. The van der Waals surface area contributed by atoms with Gasteiger partial charge in [-0.05, 0) is 124 Å². The molecular formula is C66H61N3OSi2. The zero-order valence-electron chi connectivity index (χ0n) is 42.4. The Hall–Kier alpha value is -7.52. The van der Waals surface area contributed by atoms with Gasteiger partial charge in [-0.2, -0.15) is 0 Å². The summed E-state index contributed by atoms with van der Waals surface area (Å²) in [7, 11) is -3.14. The van der Waals surface area contributed by atoms with Crippen LogP contribution >= 0.6 is 0 Å². The summed E-state index contributed by atoms with van der Waals surface area (Å²) in [6, 6.07) is 67.8. The van der Waals surface area contributed by atoms with Crippen molar-refractivity contribution in [2.75, 3.05) is 9.80 Å². The lowest BCUT2D eigenvalue weighted by atomic mass is 9.66. The van der Waals surface area contributed by atoms with Gasteiger partial charge in [-0.15, -0.1) is 0 Å². The lowest BCUT2D eigenvalue weighted by Crippen LogP contribution is -2.37. The van der Waals surface area contributed by atoms with Crippen molar-refractivity contribution in [2.24, 2.45) is 5.92 Å². The molecule has 0 saturated carbocycles. The van der Waals surface area contributed by atoms with Crippen LogP contribution in [0.3, 0.4) is 0 Å². The molecule has 0 radical (unpaired) electrons. The fourth-order valence-electron chi connectivity index (χ4n) is 11.7. The van der Waals surface area contributed by atoms with Crippen LogP contribution in [0.1, 0.15) is 30.0 Å². The van der Waals surface area contributed by atoms with E-state index in [0.717, 1.165) is 73.9 Å². The molecule has 4 nitrogen and oxygen atoms in total. The molecule has 0 fully saturated rings. The standard InChI is InChI=1S/C66H61N3OSi2/c1-44-25-26-46-38-45(2)66(59-42-61-47(18-17-37-67-61)40-64(59)70-63(44)39-46)58-41-52(68(48-19-11-9-12-20-48)50-27-32-53(33-28-50)71(3,4)5)31-36-57(58)65-56-24-16-15-23-55(56)62(43-60(65)66)69(49-21-13-10-14-22-49)51-29-34-54(35-30-51)72(6,7)8/h9-38,40-44,63H,2,39H2,1,3-8H3/b46-38-/t44-,63?,66?/m1/s1. The van der Waals surface area contributed by atoms with Gasteiger partial charge in [0.1, 0.15) is 11.9 Å². The lowest BCUT2D eigenvalue weighted by Gasteiger charge is -2.37. The van der Waals surface area contributed by atoms with E-state index >= 15 is 0 Å². The molecule has 3 atom stereocenters. The minimum Gasteiger partial charge on any atom is -0.489 e. The van der Waals surface area contributed by atoms with E-state index in [2.05, 4.69) is 250 Å². The highest BCUT2D eigenvalue weighted by atomic mass is 28.3. The predicted molar refractivity (Wildman–Crippen MR) is 311 cm³/mol. The molecule has 12 rings (SSSR count). The number of ether oxygens (including phenoxy) is 1. The largest absolute Gasteiger partial charge is 0.489 e. The molecule has 3 aliphatic rings. The fraction of sp³-hybridized carbons (Fsp3) is 0.167. The Morgan fingerprint density at radius 3 is 1.81 bits per heavy atom. The fourth-order valence-corrected chi connectivity index (χ4v) is 14.0. The molecule has 72 heavy (non-hydrogen) atoms. The van der Waals surface area contributed by atoms with Crippen molar-refractivity contribution in [3.05, 3.63) is 241 Å². The zero-order valence-corrected chi connectivity index (χ0v) is 44.4. The highest BCUT2D eigenvalue weighted by molar-refractivity contribution is 6.89. The maximum Gasteiger partial charge on any atom is 0.125 e. The summed E-state index contributed by atoms with van der Waals surface area (Å²) in [5.74, 6) is 1.08. The number of rotatable bonds is 8. The van der Waals surface area contributed by atoms with Crippen LogP contribution in [0.2, 0.25) is 39.3 Å². The Kier molecular flexibility index (Phi) is 11.0. The smallest absolute Gasteiger partial charge is 0.125 e. The molecule has 8 aromatic carbocycles. The molecule has 0 amide bonds. The molecule has 0 saturated heterocycles. The van der Waals surface area contributed by atoms with Crippen molar-refractivity contribution in [1.29, 1.82) is 0 Å². The van der Waals surface area contributed by atoms with E-state index in [1.54, 1.807) is 0 Å². The third-order valence-corrected chi connectivity index (χ3v) is 19.6. The summed E-state index contributed by atoms with van der Waals surface area (Å²) in [5.41, 5.74) is 14.6. The second-order valence-corrected chi connectivity index (χ2v) is 32.3. The first-order valence-electron chi connectivity index (χ1n) is 25.5. The van der Waals surface area contributed by atoms with E-state index in [-0.39, 0.29) is 12.0 Å². The van der Waals surface area contributed by atoms with Crippen LogP contribution in [-0.4, -0.2) is 27.2 Å². The monoisotopic (exact) mass is 967 g/mol. The first-order valence-corrected chi connectivity index (χ1v) is 32.5. The molecule has 2 unspecified atom stereocenters. The van der Waals surface area contributed by atoms with Crippen LogP contribution in [0.25, 0.3) is 32.8 Å². The molecule has 0 N–H and O–H groups in total. The third-order valence-electron chi connectivity index (χ3n) is 15.5. The summed E-state index contributed by atoms with van der Waals surface area (Å²) in [5, 5.41) is 6.27. The van der Waals surface area contributed by atoms with Crippen molar-refractivity contribution in [2.45, 2.75) is 64.1 Å². The van der Waals surface area contributed by atoms with Gasteiger partial charge < -0.3 is 14.5 Å². The Morgan fingerprint density at radius 1 is 0.569 bits per heavy atom. The summed E-state index contributed by atoms with van der Waals surface area (Å²) >= 11 is 0. The molecule has 1 aliphatic heterocycles. The molecule has 2 aliphatic carbocycles. The van der Waals surface area contributed by atoms with Gasteiger partial charge >= 0.3 is 0 Å². The van der Waals surface area contributed by atoms with Gasteiger partial charge in [-0.1, -0.05) is 178 Å². The average molecular weight is 968 g/mol. The second-order valence-electron chi connectivity index (χ2n) is 22.1. The van der Waals surface area contributed by atoms with E-state index in [9.17, 15) is 0 Å². The van der Waals surface area contributed by atoms with Gasteiger partial charge in [0.15, 0.2) is 0 Å². The molecule has 1 spiro atoms. The SMILES string of the molecule is C=C1/C=C2/C=C[C@@H](C)C(C2)Oc2cc3cccnc3cc2C12c1cc(N(c3ccccc3)c3ccc([Si](C)(C)C)cc3)ccc1-c1c2cc(N(c2ccccc2)c2ccc([Si](C)(C)C)cc2)c2ccccc12.